The van der Waals surface area contributed by atoms with Crippen molar-refractivity contribution in [1.82, 2.24) is 4.72 Å². The van der Waals surface area contributed by atoms with Gasteiger partial charge in [-0.3, -0.25) is 4.79 Å². The zero-order valence-electron chi connectivity index (χ0n) is 10.6. The predicted molar refractivity (Wildman–Crippen MR) is 67.3 cm³/mol. The first kappa shape index (κ1) is 16.9. The molecule has 0 aromatic heterocycles. The smallest absolute Gasteiger partial charge is 0.303 e. The van der Waals surface area contributed by atoms with Gasteiger partial charge in [0.05, 0.1) is 6.07 Å². The highest BCUT2D eigenvalue weighted by atomic mass is 32.2. The van der Waals surface area contributed by atoms with Crippen molar-refractivity contribution in [3.63, 3.8) is 0 Å². The Bertz CT molecular complexity index is 386. The highest BCUT2D eigenvalue weighted by Gasteiger charge is 2.13. The van der Waals surface area contributed by atoms with Gasteiger partial charge < -0.3 is 5.11 Å². The van der Waals surface area contributed by atoms with Crippen LogP contribution < -0.4 is 4.72 Å². The van der Waals surface area contributed by atoms with Crippen molar-refractivity contribution in [1.29, 1.82) is 5.26 Å². The molecule has 0 radical (unpaired) electrons. The molecule has 0 aliphatic carbocycles. The van der Waals surface area contributed by atoms with Gasteiger partial charge in [-0.1, -0.05) is 19.8 Å². The second-order valence-corrected chi connectivity index (χ2v) is 5.99. The van der Waals surface area contributed by atoms with Crippen molar-refractivity contribution in [2.45, 2.75) is 39.0 Å². The summed E-state index contributed by atoms with van der Waals surface area (Å²) in [5, 5.41) is 16.9. The maximum atomic E-state index is 11.2. The van der Waals surface area contributed by atoms with Gasteiger partial charge >= 0.3 is 5.97 Å². The molecule has 0 saturated carbocycles. The van der Waals surface area contributed by atoms with Crippen LogP contribution in [-0.2, 0) is 14.8 Å². The van der Waals surface area contributed by atoms with Crippen molar-refractivity contribution < 1.29 is 18.3 Å². The Kier molecular flexibility index (Phi) is 8.33. The van der Waals surface area contributed by atoms with E-state index in [1.807, 2.05) is 6.92 Å². The third-order valence-corrected chi connectivity index (χ3v) is 3.75. The normalized spacial score (nSPS) is 12.9. The number of carbonyl (C=O) groups is 1. The average Bonchev–Trinajstić information content (AvgIpc) is 2.25. The Hall–Kier alpha value is -1.13. The van der Waals surface area contributed by atoms with Gasteiger partial charge in [-0.15, -0.1) is 0 Å². The second kappa shape index (κ2) is 8.89. The molecule has 104 valence electrons. The third kappa shape index (κ3) is 8.96. The standard InChI is InChI=1S/C11H20N2O4S/c1-2-3-10(4-5-11(14)15)6-8-13-18(16,17)9-7-12/h10,13H,2-6,8-9H2,1H3,(H,14,15). The summed E-state index contributed by atoms with van der Waals surface area (Å²) in [5.74, 6) is -1.17. The first-order valence-corrected chi connectivity index (χ1v) is 7.62. The molecule has 2 N–H and O–H groups in total. The molecule has 1 unspecified atom stereocenters. The minimum atomic E-state index is -3.50. The molecule has 18 heavy (non-hydrogen) atoms. The van der Waals surface area contributed by atoms with E-state index in [-0.39, 0.29) is 18.9 Å². The Morgan fingerprint density at radius 1 is 1.39 bits per heavy atom. The molecule has 0 aromatic carbocycles. The van der Waals surface area contributed by atoms with E-state index in [1.165, 1.54) is 0 Å². The lowest BCUT2D eigenvalue weighted by molar-refractivity contribution is -0.137. The van der Waals surface area contributed by atoms with Crippen molar-refractivity contribution in [2.24, 2.45) is 5.92 Å². The first-order valence-electron chi connectivity index (χ1n) is 5.97. The fourth-order valence-electron chi connectivity index (χ4n) is 1.72. The number of hydrogen-bond acceptors (Lipinski definition) is 4. The molecule has 0 heterocycles. The van der Waals surface area contributed by atoms with Gasteiger partial charge in [-0.05, 0) is 18.8 Å². The van der Waals surface area contributed by atoms with E-state index in [0.717, 1.165) is 12.8 Å². The molecule has 6 nitrogen and oxygen atoms in total. The van der Waals surface area contributed by atoms with Gasteiger partial charge in [0.15, 0.2) is 5.75 Å². The topological polar surface area (TPSA) is 107 Å². The molecule has 0 aliphatic rings. The quantitative estimate of drug-likeness (QED) is 0.621. The molecule has 0 aromatic rings. The average molecular weight is 276 g/mol. The first-order chi connectivity index (χ1) is 8.41. The molecule has 0 amide bonds. The molecular formula is C11H20N2O4S. The summed E-state index contributed by atoms with van der Waals surface area (Å²) < 4.78 is 24.8. The summed E-state index contributed by atoms with van der Waals surface area (Å²) in [5.41, 5.74) is 0. The molecule has 0 saturated heterocycles. The highest BCUT2D eigenvalue weighted by Crippen LogP contribution is 2.17. The van der Waals surface area contributed by atoms with Crippen molar-refractivity contribution in [2.75, 3.05) is 12.3 Å². The van der Waals surface area contributed by atoms with Crippen LogP contribution in [0.15, 0.2) is 0 Å². The zero-order valence-corrected chi connectivity index (χ0v) is 11.4. The lowest BCUT2D eigenvalue weighted by Crippen LogP contribution is -2.28. The summed E-state index contributed by atoms with van der Waals surface area (Å²) >= 11 is 0. The Balaban J connectivity index is 4.04. The van der Waals surface area contributed by atoms with Crippen molar-refractivity contribution in [3.05, 3.63) is 0 Å². The third-order valence-electron chi connectivity index (χ3n) is 2.59. The summed E-state index contributed by atoms with van der Waals surface area (Å²) in [6.45, 7) is 2.27. The Morgan fingerprint density at radius 3 is 2.56 bits per heavy atom. The van der Waals surface area contributed by atoms with Crippen LogP contribution in [0.3, 0.4) is 0 Å². The van der Waals surface area contributed by atoms with Crippen LogP contribution >= 0.6 is 0 Å². The minimum absolute atomic E-state index is 0.107. The van der Waals surface area contributed by atoms with Crippen LogP contribution in [0.2, 0.25) is 0 Å². The van der Waals surface area contributed by atoms with E-state index in [9.17, 15) is 13.2 Å². The lowest BCUT2D eigenvalue weighted by Gasteiger charge is -2.15. The van der Waals surface area contributed by atoms with Gasteiger partial charge in [-0.2, -0.15) is 5.26 Å². The fourth-order valence-corrected chi connectivity index (χ4v) is 2.42. The maximum Gasteiger partial charge on any atom is 0.303 e. The van der Waals surface area contributed by atoms with E-state index in [1.54, 1.807) is 6.07 Å². The van der Waals surface area contributed by atoms with Gasteiger partial charge in [0.1, 0.15) is 0 Å². The SMILES string of the molecule is CCCC(CCNS(=O)(=O)CC#N)CCC(=O)O. The van der Waals surface area contributed by atoms with Gasteiger partial charge in [-0.25, -0.2) is 13.1 Å². The molecule has 0 aliphatic heterocycles. The molecular weight excluding hydrogens is 256 g/mol. The van der Waals surface area contributed by atoms with E-state index in [4.69, 9.17) is 10.4 Å². The van der Waals surface area contributed by atoms with Crippen LogP contribution in [0, 0.1) is 17.2 Å². The van der Waals surface area contributed by atoms with E-state index < -0.39 is 21.7 Å². The summed E-state index contributed by atoms with van der Waals surface area (Å²) in [6, 6.07) is 1.58. The number of sulfonamides is 1. The molecule has 0 fully saturated rings. The Labute approximate surface area is 108 Å². The largest absolute Gasteiger partial charge is 0.481 e. The summed E-state index contributed by atoms with van der Waals surface area (Å²) in [4.78, 5) is 10.5. The van der Waals surface area contributed by atoms with Gasteiger partial charge in [0.2, 0.25) is 10.0 Å². The van der Waals surface area contributed by atoms with Crippen LogP contribution in [0.25, 0.3) is 0 Å². The lowest BCUT2D eigenvalue weighted by atomic mass is 9.95. The summed E-state index contributed by atoms with van der Waals surface area (Å²) in [7, 11) is -3.50. The van der Waals surface area contributed by atoms with Crippen molar-refractivity contribution >= 4 is 16.0 Å². The molecule has 7 heteroatoms. The fraction of sp³-hybridized carbons (Fsp3) is 0.818. The highest BCUT2D eigenvalue weighted by molar-refractivity contribution is 7.89. The second-order valence-electron chi connectivity index (χ2n) is 4.19. The number of rotatable bonds is 10. The van der Waals surface area contributed by atoms with E-state index >= 15 is 0 Å². The molecule has 1 atom stereocenters. The Morgan fingerprint density at radius 2 is 2.06 bits per heavy atom. The minimum Gasteiger partial charge on any atom is -0.481 e. The van der Waals surface area contributed by atoms with Crippen LogP contribution in [0.5, 0.6) is 0 Å². The van der Waals surface area contributed by atoms with Gasteiger partial charge in [0.25, 0.3) is 0 Å². The maximum absolute atomic E-state index is 11.2. The van der Waals surface area contributed by atoms with Crippen LogP contribution in [0.1, 0.15) is 39.0 Å². The van der Waals surface area contributed by atoms with Crippen molar-refractivity contribution in [3.8, 4) is 6.07 Å². The number of nitriles is 1. The number of hydrogen-bond donors (Lipinski definition) is 2. The number of aliphatic carboxylic acids is 1. The molecule has 0 spiro atoms. The number of nitrogens with zero attached hydrogens (tertiary/aromatic N) is 1. The van der Waals surface area contributed by atoms with Gasteiger partial charge in [0, 0.05) is 13.0 Å². The van der Waals surface area contributed by atoms with Crippen LogP contribution in [-0.4, -0.2) is 31.8 Å². The summed E-state index contributed by atoms with van der Waals surface area (Å²) in [6.07, 6.45) is 3.09. The zero-order chi connectivity index (χ0) is 14.0. The number of carboxylic acids is 1. The van der Waals surface area contributed by atoms with E-state index in [2.05, 4.69) is 4.72 Å². The molecule has 0 bridgehead atoms. The predicted octanol–water partition coefficient (Wildman–Crippen LogP) is 1.10. The monoisotopic (exact) mass is 276 g/mol. The number of carboxylic acid groups (broad SMARTS) is 1. The van der Waals surface area contributed by atoms with E-state index in [0.29, 0.717) is 12.8 Å². The van der Waals surface area contributed by atoms with Crippen LogP contribution in [0.4, 0.5) is 0 Å². The number of nitrogens with one attached hydrogen (secondary N) is 1. The molecule has 0 rings (SSSR count).